The van der Waals surface area contributed by atoms with E-state index in [1.165, 1.54) is 0 Å². The van der Waals surface area contributed by atoms with E-state index in [0.29, 0.717) is 42.5 Å². The second-order valence-electron chi connectivity index (χ2n) is 11.0. The highest BCUT2D eigenvalue weighted by atomic mass is 16.7. The lowest BCUT2D eigenvalue weighted by molar-refractivity contribution is -0.140. The normalized spacial score (nSPS) is 19.6. The van der Waals surface area contributed by atoms with Crippen molar-refractivity contribution in [1.82, 2.24) is 15.5 Å². The number of carbonyl (C=O) groups excluding carboxylic acids is 4. The smallest absolute Gasteiger partial charge is 0.450 e. The van der Waals surface area contributed by atoms with Gasteiger partial charge in [-0.1, -0.05) is 46.2 Å². The van der Waals surface area contributed by atoms with E-state index >= 15 is 0 Å². The van der Waals surface area contributed by atoms with Crippen LogP contribution in [0.1, 0.15) is 72.3 Å². The Kier molecular flexibility index (Phi) is 12.9. The molecule has 4 atom stereocenters. The Labute approximate surface area is 236 Å². The summed E-state index contributed by atoms with van der Waals surface area (Å²) in [5, 5.41) is 16.6. The van der Waals surface area contributed by atoms with E-state index in [1.807, 2.05) is 18.7 Å². The van der Waals surface area contributed by atoms with Crippen molar-refractivity contribution in [2.24, 2.45) is 17.8 Å². The van der Waals surface area contributed by atoms with E-state index in [2.05, 4.69) is 41.5 Å². The van der Waals surface area contributed by atoms with Crippen LogP contribution in [0.2, 0.25) is 0 Å². The highest BCUT2D eigenvalue weighted by molar-refractivity contribution is 5.96. The summed E-state index contributed by atoms with van der Waals surface area (Å²) in [6, 6.07) is 5.89. The van der Waals surface area contributed by atoms with E-state index in [0.717, 1.165) is 12.8 Å². The summed E-state index contributed by atoms with van der Waals surface area (Å²) in [4.78, 5) is 62.3. The maximum atomic E-state index is 12.7. The molecule has 0 bridgehead atoms. The lowest BCUT2D eigenvalue weighted by Crippen LogP contribution is -2.51. The van der Waals surface area contributed by atoms with E-state index in [9.17, 15) is 24.0 Å². The van der Waals surface area contributed by atoms with Gasteiger partial charge in [-0.25, -0.2) is 4.79 Å². The first-order chi connectivity index (χ1) is 18.9. The molecule has 0 saturated carbocycles. The summed E-state index contributed by atoms with van der Waals surface area (Å²) in [7, 11) is 0. The van der Waals surface area contributed by atoms with Gasteiger partial charge in [0.1, 0.15) is 12.6 Å². The number of rotatable bonds is 14. The van der Waals surface area contributed by atoms with Crippen molar-refractivity contribution in [2.45, 2.75) is 85.4 Å². The number of hydrogen-bond donors (Lipinski definition) is 4. The van der Waals surface area contributed by atoms with Crippen LogP contribution in [0.15, 0.2) is 24.3 Å². The first kappa shape index (κ1) is 32.6. The molecule has 1 aliphatic heterocycles. The average molecular weight is 561 g/mol. The Hall–Kier alpha value is -3.63. The summed E-state index contributed by atoms with van der Waals surface area (Å²) < 4.78 is 4.49. The van der Waals surface area contributed by atoms with Crippen LogP contribution < -0.4 is 16.0 Å². The Morgan fingerprint density at radius 2 is 1.70 bits per heavy atom. The fourth-order valence-electron chi connectivity index (χ4n) is 4.73. The predicted octanol–water partition coefficient (Wildman–Crippen LogP) is 3.53. The fraction of sp³-hybridized carbons (Fsp3) is 0.621. The van der Waals surface area contributed by atoms with E-state index < -0.39 is 24.0 Å². The number of nitrogens with one attached hydrogen (secondary N) is 3. The lowest BCUT2D eigenvalue weighted by atomic mass is 9.82. The van der Waals surface area contributed by atoms with Crippen LogP contribution >= 0.6 is 0 Å². The molecule has 4 amide bonds. The SMILES string of the molecule is CC(C)C(NC(=O)CCCCCN1C(=O)CC(C)C(C)C1C)C(=O)NCC(=O)Nc1ccc(COC(=O)O)cc1. The highest BCUT2D eigenvalue weighted by Gasteiger charge is 2.34. The van der Waals surface area contributed by atoms with Gasteiger partial charge in [0, 0.05) is 31.1 Å². The summed E-state index contributed by atoms with van der Waals surface area (Å²) in [6.45, 7) is 10.4. The number of piperidine rings is 1. The maximum absolute atomic E-state index is 12.7. The maximum Gasteiger partial charge on any atom is 0.506 e. The number of anilines is 1. The molecule has 1 aromatic rings. The molecule has 0 aliphatic carbocycles. The number of nitrogens with zero attached hydrogens (tertiary/aromatic N) is 1. The molecule has 1 heterocycles. The molecule has 11 nitrogen and oxygen atoms in total. The topological polar surface area (TPSA) is 154 Å². The molecule has 0 spiro atoms. The standard InChI is InChI=1S/C29H44N4O7/c1-18(2)27(28(37)30-16-25(35)31-23-12-10-22(11-13-23)17-40-29(38)39)32-24(34)9-7-6-8-14-33-21(5)20(4)19(3)15-26(33)36/h10-13,18-21,27H,6-9,14-17H2,1-5H3,(H,30,37)(H,31,35)(H,32,34)(H,38,39). The van der Waals surface area contributed by atoms with Gasteiger partial charge >= 0.3 is 6.16 Å². The Bertz CT molecular complexity index is 1030. The number of carbonyl (C=O) groups is 5. The van der Waals surface area contributed by atoms with Gasteiger partial charge in [-0.2, -0.15) is 0 Å². The molecular weight excluding hydrogens is 516 g/mol. The van der Waals surface area contributed by atoms with Crippen LogP contribution in [-0.4, -0.2) is 65.0 Å². The minimum atomic E-state index is -1.37. The average Bonchev–Trinajstić information content (AvgIpc) is 2.90. The quantitative estimate of drug-likeness (QED) is 0.200. The summed E-state index contributed by atoms with van der Waals surface area (Å²) in [5.74, 6) is -0.223. The third-order valence-electron chi connectivity index (χ3n) is 7.56. The minimum absolute atomic E-state index is 0.0977. The van der Waals surface area contributed by atoms with Gasteiger partial charge in [-0.3, -0.25) is 19.2 Å². The number of amides is 4. The van der Waals surface area contributed by atoms with Crippen LogP contribution in [0, 0.1) is 17.8 Å². The van der Waals surface area contributed by atoms with E-state index in [4.69, 9.17) is 5.11 Å². The van der Waals surface area contributed by atoms with Crippen molar-refractivity contribution in [3.05, 3.63) is 29.8 Å². The number of hydrogen-bond acceptors (Lipinski definition) is 6. The van der Waals surface area contributed by atoms with Crippen molar-refractivity contribution in [2.75, 3.05) is 18.4 Å². The van der Waals surface area contributed by atoms with Crippen molar-refractivity contribution < 1.29 is 33.8 Å². The molecule has 4 unspecified atom stereocenters. The van der Waals surface area contributed by atoms with Crippen molar-refractivity contribution in [1.29, 1.82) is 0 Å². The third-order valence-corrected chi connectivity index (χ3v) is 7.56. The van der Waals surface area contributed by atoms with Gasteiger partial charge in [0.15, 0.2) is 0 Å². The second-order valence-corrected chi connectivity index (χ2v) is 11.0. The second kappa shape index (κ2) is 15.8. The van der Waals surface area contributed by atoms with Crippen LogP contribution in [0.3, 0.4) is 0 Å². The van der Waals surface area contributed by atoms with Crippen LogP contribution in [0.5, 0.6) is 0 Å². The molecule has 40 heavy (non-hydrogen) atoms. The summed E-state index contributed by atoms with van der Waals surface area (Å²) >= 11 is 0. The van der Waals surface area contributed by atoms with Gasteiger partial charge in [0.25, 0.3) is 0 Å². The third kappa shape index (κ3) is 10.5. The van der Waals surface area contributed by atoms with Crippen molar-refractivity contribution in [3.8, 4) is 0 Å². The molecule has 1 fully saturated rings. The largest absolute Gasteiger partial charge is 0.506 e. The molecular formula is C29H44N4O7. The van der Waals surface area contributed by atoms with E-state index in [-0.39, 0.29) is 43.3 Å². The van der Waals surface area contributed by atoms with Gasteiger partial charge in [-0.15, -0.1) is 0 Å². The number of ether oxygens (including phenoxy) is 1. The van der Waals surface area contributed by atoms with E-state index in [1.54, 1.807) is 24.3 Å². The van der Waals surface area contributed by atoms with Crippen molar-refractivity contribution >= 4 is 35.5 Å². The van der Waals surface area contributed by atoms with Crippen LogP contribution in [0.4, 0.5) is 10.5 Å². The Balaban J connectivity index is 1.70. The van der Waals surface area contributed by atoms with Gasteiger partial charge in [-0.05, 0) is 55.2 Å². The summed E-state index contributed by atoms with van der Waals surface area (Å²) in [6.07, 6.45) is 1.79. The predicted molar refractivity (Wildman–Crippen MR) is 150 cm³/mol. The lowest BCUT2D eigenvalue weighted by Gasteiger charge is -2.41. The number of likely N-dealkylation sites (tertiary alicyclic amines) is 1. The minimum Gasteiger partial charge on any atom is -0.450 e. The van der Waals surface area contributed by atoms with Crippen LogP contribution in [-0.2, 0) is 30.5 Å². The number of carboxylic acid groups (broad SMARTS) is 1. The molecule has 1 saturated heterocycles. The first-order valence-corrected chi connectivity index (χ1v) is 14.0. The van der Waals surface area contributed by atoms with Gasteiger partial charge < -0.3 is 30.7 Å². The highest BCUT2D eigenvalue weighted by Crippen LogP contribution is 2.29. The fourth-order valence-corrected chi connectivity index (χ4v) is 4.73. The summed E-state index contributed by atoms with van der Waals surface area (Å²) in [5.41, 5.74) is 1.11. The molecule has 0 aromatic heterocycles. The van der Waals surface area contributed by atoms with Gasteiger partial charge in [0.05, 0.1) is 6.54 Å². The zero-order valence-corrected chi connectivity index (χ0v) is 24.2. The first-order valence-electron chi connectivity index (χ1n) is 14.0. The zero-order valence-electron chi connectivity index (χ0n) is 24.2. The van der Waals surface area contributed by atoms with Crippen LogP contribution in [0.25, 0.3) is 0 Å². The Morgan fingerprint density at radius 1 is 1.02 bits per heavy atom. The molecule has 11 heteroatoms. The van der Waals surface area contributed by atoms with Gasteiger partial charge in [0.2, 0.25) is 23.6 Å². The number of benzene rings is 1. The molecule has 1 aliphatic rings. The monoisotopic (exact) mass is 560 g/mol. The van der Waals surface area contributed by atoms with Crippen molar-refractivity contribution in [3.63, 3.8) is 0 Å². The molecule has 4 N–H and O–H groups in total. The Morgan fingerprint density at radius 3 is 2.33 bits per heavy atom. The molecule has 2 rings (SSSR count). The molecule has 0 radical (unpaired) electrons. The molecule has 222 valence electrons. The number of unbranched alkanes of at least 4 members (excludes halogenated alkanes) is 2. The molecule has 1 aromatic carbocycles. The zero-order chi connectivity index (χ0) is 29.8.